The summed E-state index contributed by atoms with van der Waals surface area (Å²) >= 11 is 0. The van der Waals surface area contributed by atoms with Crippen molar-refractivity contribution in [1.82, 2.24) is 0 Å². The predicted molar refractivity (Wildman–Crippen MR) is 59.9 cm³/mol. The van der Waals surface area contributed by atoms with Crippen LogP contribution in [-0.2, 0) is 6.42 Å². The van der Waals surface area contributed by atoms with E-state index in [-0.39, 0.29) is 0 Å². The first-order valence-corrected chi connectivity index (χ1v) is 4.90. The molecule has 0 heterocycles. The Bertz CT molecular complexity index is 369. The molecule has 0 amide bonds. The van der Waals surface area contributed by atoms with Crippen molar-refractivity contribution in [1.29, 1.82) is 0 Å². The van der Waals surface area contributed by atoms with E-state index in [1.54, 1.807) is 7.11 Å². The molecule has 0 aliphatic heterocycles. The number of hydrogen-bond donors (Lipinski definition) is 1. The smallest absolute Gasteiger partial charge is 0.124 e. The summed E-state index contributed by atoms with van der Waals surface area (Å²) in [6.45, 7) is 0. The fourth-order valence-corrected chi connectivity index (χ4v) is 1.85. The molecule has 0 unspecified atom stereocenters. The van der Waals surface area contributed by atoms with Crippen molar-refractivity contribution in [3.8, 4) is 5.75 Å². The van der Waals surface area contributed by atoms with Crippen LogP contribution >= 0.6 is 0 Å². The maximum Gasteiger partial charge on any atom is 0.124 e. The van der Waals surface area contributed by atoms with Crippen molar-refractivity contribution in [2.45, 2.75) is 12.8 Å². The second-order valence-corrected chi connectivity index (χ2v) is 3.44. The lowest BCUT2D eigenvalue weighted by molar-refractivity contribution is 0.409. The molecule has 0 spiro atoms. The van der Waals surface area contributed by atoms with Crippen LogP contribution in [0.5, 0.6) is 5.75 Å². The quantitative estimate of drug-likeness (QED) is 0.772. The van der Waals surface area contributed by atoms with E-state index >= 15 is 0 Å². The molecule has 0 saturated heterocycles. The minimum absolute atomic E-state index is 0.996. The van der Waals surface area contributed by atoms with Gasteiger partial charge in [0.05, 0.1) is 7.11 Å². The standard InChI is InChI=1S/C12H15NO/c1-13-10-7-9-5-3-4-6-11(9)12(8-10)14-2/h3,5,7-8,13H,4,6H2,1-2H3. The molecule has 74 valence electrons. The zero-order valence-electron chi connectivity index (χ0n) is 8.63. The van der Waals surface area contributed by atoms with E-state index in [2.05, 4.69) is 29.6 Å². The molecule has 0 fully saturated rings. The van der Waals surface area contributed by atoms with Gasteiger partial charge in [0.2, 0.25) is 0 Å². The fraction of sp³-hybridized carbons (Fsp3) is 0.333. The number of benzene rings is 1. The summed E-state index contributed by atoms with van der Waals surface area (Å²) in [6, 6.07) is 4.21. The Morgan fingerprint density at radius 1 is 1.36 bits per heavy atom. The Morgan fingerprint density at radius 3 is 2.93 bits per heavy atom. The molecule has 2 nitrogen and oxygen atoms in total. The van der Waals surface area contributed by atoms with Gasteiger partial charge < -0.3 is 10.1 Å². The van der Waals surface area contributed by atoms with E-state index in [1.165, 1.54) is 11.1 Å². The molecule has 2 heteroatoms. The van der Waals surface area contributed by atoms with E-state index in [9.17, 15) is 0 Å². The second-order valence-electron chi connectivity index (χ2n) is 3.44. The lowest BCUT2D eigenvalue weighted by atomic mass is 9.96. The molecule has 1 aromatic carbocycles. The molecule has 1 N–H and O–H groups in total. The lowest BCUT2D eigenvalue weighted by Crippen LogP contribution is -2.00. The highest BCUT2D eigenvalue weighted by Gasteiger charge is 2.11. The molecule has 0 aromatic heterocycles. The molecular weight excluding hydrogens is 174 g/mol. The van der Waals surface area contributed by atoms with Gasteiger partial charge in [-0.2, -0.15) is 0 Å². The highest BCUT2D eigenvalue weighted by Crippen LogP contribution is 2.31. The summed E-state index contributed by atoms with van der Waals surface area (Å²) in [5, 5.41) is 3.14. The molecule has 1 aliphatic carbocycles. The first-order chi connectivity index (χ1) is 6.85. The minimum Gasteiger partial charge on any atom is -0.496 e. The van der Waals surface area contributed by atoms with Crippen LogP contribution in [0.25, 0.3) is 6.08 Å². The van der Waals surface area contributed by atoms with Gasteiger partial charge in [-0.1, -0.05) is 12.2 Å². The molecule has 0 atom stereocenters. The second kappa shape index (κ2) is 3.74. The molecule has 0 radical (unpaired) electrons. The van der Waals surface area contributed by atoms with Gasteiger partial charge in [0, 0.05) is 24.4 Å². The lowest BCUT2D eigenvalue weighted by Gasteiger charge is -2.16. The monoisotopic (exact) mass is 189 g/mol. The van der Waals surface area contributed by atoms with E-state index in [4.69, 9.17) is 4.74 Å². The van der Waals surface area contributed by atoms with E-state index < -0.39 is 0 Å². The number of anilines is 1. The number of methoxy groups -OCH3 is 1. The van der Waals surface area contributed by atoms with Crippen LogP contribution in [0.1, 0.15) is 17.5 Å². The number of hydrogen-bond acceptors (Lipinski definition) is 2. The van der Waals surface area contributed by atoms with Crippen molar-refractivity contribution in [3.63, 3.8) is 0 Å². The third-order valence-corrected chi connectivity index (χ3v) is 2.61. The Morgan fingerprint density at radius 2 is 2.21 bits per heavy atom. The fourth-order valence-electron chi connectivity index (χ4n) is 1.85. The summed E-state index contributed by atoms with van der Waals surface area (Å²) in [5.41, 5.74) is 3.71. The SMILES string of the molecule is CNc1cc2c(c(OC)c1)CCC=C2. The van der Waals surface area contributed by atoms with Gasteiger partial charge in [0.15, 0.2) is 0 Å². The molecule has 1 aromatic rings. The third kappa shape index (κ3) is 1.48. The van der Waals surface area contributed by atoms with Crippen LogP contribution in [0.15, 0.2) is 18.2 Å². The van der Waals surface area contributed by atoms with Gasteiger partial charge in [-0.05, 0) is 24.5 Å². The van der Waals surface area contributed by atoms with Crippen LogP contribution in [0.3, 0.4) is 0 Å². The minimum atomic E-state index is 0.996. The topological polar surface area (TPSA) is 21.3 Å². The summed E-state index contributed by atoms with van der Waals surface area (Å²) in [7, 11) is 3.65. The Kier molecular flexibility index (Phi) is 2.44. The van der Waals surface area contributed by atoms with Gasteiger partial charge >= 0.3 is 0 Å². The summed E-state index contributed by atoms with van der Waals surface area (Å²) in [6.07, 6.45) is 6.57. The number of fused-ring (bicyclic) bond motifs is 1. The van der Waals surface area contributed by atoms with Gasteiger partial charge in [-0.3, -0.25) is 0 Å². The normalized spacial score (nSPS) is 13.6. The molecule has 2 rings (SSSR count). The van der Waals surface area contributed by atoms with Crippen LogP contribution in [-0.4, -0.2) is 14.2 Å². The zero-order chi connectivity index (χ0) is 9.97. The van der Waals surface area contributed by atoms with Crippen molar-refractivity contribution in [2.75, 3.05) is 19.5 Å². The summed E-state index contributed by atoms with van der Waals surface area (Å²) < 4.78 is 5.38. The summed E-state index contributed by atoms with van der Waals surface area (Å²) in [5.74, 6) is 0.996. The Balaban J connectivity index is 2.54. The average Bonchev–Trinajstić information content (AvgIpc) is 2.27. The zero-order valence-corrected chi connectivity index (χ0v) is 8.63. The Hall–Kier alpha value is -1.44. The van der Waals surface area contributed by atoms with Gasteiger partial charge in [-0.15, -0.1) is 0 Å². The maximum atomic E-state index is 5.38. The van der Waals surface area contributed by atoms with Crippen molar-refractivity contribution in [2.24, 2.45) is 0 Å². The van der Waals surface area contributed by atoms with Crippen LogP contribution in [0.2, 0.25) is 0 Å². The molecule has 0 bridgehead atoms. The van der Waals surface area contributed by atoms with E-state index in [1.807, 2.05) is 7.05 Å². The average molecular weight is 189 g/mol. The van der Waals surface area contributed by atoms with Crippen LogP contribution in [0.4, 0.5) is 5.69 Å². The van der Waals surface area contributed by atoms with Crippen LogP contribution < -0.4 is 10.1 Å². The highest BCUT2D eigenvalue weighted by atomic mass is 16.5. The van der Waals surface area contributed by atoms with E-state index in [0.717, 1.165) is 24.3 Å². The van der Waals surface area contributed by atoms with Crippen LogP contribution in [0, 0.1) is 0 Å². The predicted octanol–water partition coefficient (Wildman–Crippen LogP) is 2.70. The summed E-state index contributed by atoms with van der Waals surface area (Å²) in [4.78, 5) is 0. The van der Waals surface area contributed by atoms with Crippen molar-refractivity contribution < 1.29 is 4.74 Å². The van der Waals surface area contributed by atoms with Crippen molar-refractivity contribution in [3.05, 3.63) is 29.3 Å². The number of ether oxygens (including phenoxy) is 1. The largest absolute Gasteiger partial charge is 0.496 e. The van der Waals surface area contributed by atoms with Gasteiger partial charge in [0.1, 0.15) is 5.75 Å². The number of allylic oxidation sites excluding steroid dienone is 1. The maximum absolute atomic E-state index is 5.38. The molecule has 14 heavy (non-hydrogen) atoms. The van der Waals surface area contributed by atoms with Gasteiger partial charge in [0.25, 0.3) is 0 Å². The molecule has 0 saturated carbocycles. The first kappa shape index (κ1) is 9.13. The Labute approximate surface area is 84.6 Å². The van der Waals surface area contributed by atoms with E-state index in [0.29, 0.717) is 0 Å². The number of rotatable bonds is 2. The van der Waals surface area contributed by atoms with Gasteiger partial charge in [-0.25, -0.2) is 0 Å². The third-order valence-electron chi connectivity index (χ3n) is 2.61. The molecular formula is C12H15NO. The molecule has 1 aliphatic rings. The number of nitrogens with one attached hydrogen (secondary N) is 1. The highest BCUT2D eigenvalue weighted by molar-refractivity contribution is 5.67. The first-order valence-electron chi connectivity index (χ1n) is 4.90. The van der Waals surface area contributed by atoms with Crippen molar-refractivity contribution >= 4 is 11.8 Å².